The van der Waals surface area contributed by atoms with Crippen LogP contribution in [0.4, 0.5) is 0 Å². The van der Waals surface area contributed by atoms with E-state index in [1.807, 2.05) is 21.1 Å². The van der Waals surface area contributed by atoms with Gasteiger partial charge in [0.15, 0.2) is 0 Å². The molecular formula is C77H151N2O6P. The van der Waals surface area contributed by atoms with Crippen LogP contribution in [0.3, 0.4) is 0 Å². The van der Waals surface area contributed by atoms with Gasteiger partial charge in [0, 0.05) is 6.42 Å². The van der Waals surface area contributed by atoms with Gasteiger partial charge in [0.05, 0.1) is 39.9 Å². The van der Waals surface area contributed by atoms with Gasteiger partial charge in [-0.2, -0.15) is 0 Å². The van der Waals surface area contributed by atoms with Gasteiger partial charge >= 0.3 is 0 Å². The molecule has 0 heterocycles. The van der Waals surface area contributed by atoms with Crippen LogP contribution in [0.25, 0.3) is 0 Å². The van der Waals surface area contributed by atoms with E-state index in [0.29, 0.717) is 23.9 Å². The first kappa shape index (κ1) is 84.7. The average molecular weight is 1230 g/mol. The van der Waals surface area contributed by atoms with Crippen molar-refractivity contribution in [3.63, 3.8) is 0 Å². The molecule has 3 unspecified atom stereocenters. The molecule has 2 N–H and O–H groups in total. The zero-order chi connectivity index (χ0) is 62.6. The summed E-state index contributed by atoms with van der Waals surface area (Å²) in [6.07, 6.45) is 91.1. The second-order valence-electron chi connectivity index (χ2n) is 27.7. The predicted octanol–water partition coefficient (Wildman–Crippen LogP) is 24.2. The highest BCUT2D eigenvalue weighted by atomic mass is 31.2. The van der Waals surface area contributed by atoms with Crippen molar-refractivity contribution in [2.24, 2.45) is 0 Å². The van der Waals surface area contributed by atoms with Crippen molar-refractivity contribution in [1.29, 1.82) is 0 Å². The quantitative estimate of drug-likeness (QED) is 0.0272. The minimum Gasteiger partial charge on any atom is -0.756 e. The first-order chi connectivity index (χ1) is 42.0. The lowest BCUT2D eigenvalue weighted by Crippen LogP contribution is -2.46. The summed E-state index contributed by atoms with van der Waals surface area (Å²) in [5.41, 5.74) is 0. The summed E-state index contributed by atoms with van der Waals surface area (Å²) in [5, 5.41) is 14.1. The number of phosphoric ester groups is 1. The van der Waals surface area contributed by atoms with Gasteiger partial charge in [0.2, 0.25) is 5.91 Å². The van der Waals surface area contributed by atoms with Crippen LogP contribution in [0.5, 0.6) is 0 Å². The number of aliphatic hydroxyl groups excluding tert-OH is 1. The highest BCUT2D eigenvalue weighted by molar-refractivity contribution is 7.45. The standard InChI is InChI=1S/C77H151N2O6P/c1-6-8-10-12-14-16-18-20-22-24-26-28-30-32-34-35-36-37-38-39-40-41-42-43-45-47-49-51-53-55-57-59-61-63-65-67-69-71-77(81)78-75(74-85-86(82,83)84-73-72-79(3,4)5)76(80)70-68-66-64-62-60-58-56-54-52-50-48-46-44-33-31-29-27-25-23-21-19-17-15-13-11-9-7-2/h18,20,24,26,30,32,75-76,80H,6-17,19,21-23,25,27-29,31,33-74H2,1-5H3,(H-,78,81,82,83)/b20-18-,26-24-,32-30-. The van der Waals surface area contributed by atoms with E-state index in [4.69, 9.17) is 9.05 Å². The van der Waals surface area contributed by atoms with E-state index in [2.05, 4.69) is 55.6 Å². The molecule has 86 heavy (non-hydrogen) atoms. The number of hydrogen-bond donors (Lipinski definition) is 2. The summed E-state index contributed by atoms with van der Waals surface area (Å²) in [7, 11) is 1.33. The molecule has 0 aliphatic heterocycles. The van der Waals surface area contributed by atoms with Crippen LogP contribution < -0.4 is 10.2 Å². The van der Waals surface area contributed by atoms with Gasteiger partial charge in [-0.1, -0.05) is 378 Å². The first-order valence-corrected chi connectivity index (χ1v) is 39.8. The third kappa shape index (κ3) is 70.2. The topological polar surface area (TPSA) is 108 Å². The van der Waals surface area contributed by atoms with Gasteiger partial charge in [-0.25, -0.2) is 0 Å². The zero-order valence-electron chi connectivity index (χ0n) is 58.5. The first-order valence-electron chi connectivity index (χ1n) is 38.3. The van der Waals surface area contributed by atoms with E-state index in [9.17, 15) is 19.4 Å². The molecule has 0 saturated heterocycles. The fourth-order valence-electron chi connectivity index (χ4n) is 11.9. The van der Waals surface area contributed by atoms with Crippen LogP contribution in [0, 0.1) is 0 Å². The van der Waals surface area contributed by atoms with Crippen LogP contribution in [0.2, 0.25) is 0 Å². The van der Waals surface area contributed by atoms with E-state index in [1.165, 1.54) is 321 Å². The van der Waals surface area contributed by atoms with Gasteiger partial charge in [-0.15, -0.1) is 0 Å². The molecule has 0 spiro atoms. The Kier molecular flexibility index (Phi) is 67.1. The number of unbranched alkanes of at least 4 members (excludes halogenated alkanes) is 53. The molecule has 0 aromatic heterocycles. The Labute approximate surface area is 537 Å². The number of carbonyl (C=O) groups excluding carboxylic acids is 1. The molecule has 1 amide bonds. The Morgan fingerprint density at radius 2 is 0.674 bits per heavy atom. The second kappa shape index (κ2) is 68.1. The maximum absolute atomic E-state index is 13.1. The molecule has 0 bridgehead atoms. The summed E-state index contributed by atoms with van der Waals surface area (Å²) in [5.74, 6) is -0.156. The number of likely N-dealkylation sites (N-methyl/N-ethyl adjacent to an activating group) is 1. The molecule has 3 atom stereocenters. The number of nitrogens with zero attached hydrogens (tertiary/aromatic N) is 1. The molecule has 9 heteroatoms. The number of amides is 1. The molecule has 0 rings (SSSR count). The van der Waals surface area contributed by atoms with E-state index >= 15 is 0 Å². The number of rotatable bonds is 72. The largest absolute Gasteiger partial charge is 0.756 e. The van der Waals surface area contributed by atoms with Crippen molar-refractivity contribution in [3.05, 3.63) is 36.5 Å². The Morgan fingerprint density at radius 3 is 0.977 bits per heavy atom. The van der Waals surface area contributed by atoms with Gasteiger partial charge in [0.25, 0.3) is 7.82 Å². The lowest BCUT2D eigenvalue weighted by atomic mass is 10.0. The molecule has 0 radical (unpaired) electrons. The lowest BCUT2D eigenvalue weighted by molar-refractivity contribution is -0.870. The van der Waals surface area contributed by atoms with E-state index in [1.54, 1.807) is 0 Å². The van der Waals surface area contributed by atoms with Crippen LogP contribution in [0.1, 0.15) is 399 Å². The average Bonchev–Trinajstić information content (AvgIpc) is 3.70. The van der Waals surface area contributed by atoms with E-state index in [-0.39, 0.29) is 19.1 Å². The highest BCUT2D eigenvalue weighted by Gasteiger charge is 2.24. The van der Waals surface area contributed by atoms with Crippen LogP contribution in [-0.2, 0) is 18.4 Å². The number of quaternary nitrogens is 1. The Bertz CT molecular complexity index is 1500. The molecular weight excluding hydrogens is 1080 g/mol. The van der Waals surface area contributed by atoms with Gasteiger partial charge < -0.3 is 28.8 Å². The van der Waals surface area contributed by atoms with Crippen LogP contribution >= 0.6 is 7.82 Å². The fourth-order valence-corrected chi connectivity index (χ4v) is 12.7. The maximum Gasteiger partial charge on any atom is 0.268 e. The second-order valence-corrected chi connectivity index (χ2v) is 29.1. The van der Waals surface area contributed by atoms with E-state index < -0.39 is 20.0 Å². The van der Waals surface area contributed by atoms with E-state index in [0.717, 1.165) is 51.4 Å². The zero-order valence-corrected chi connectivity index (χ0v) is 59.4. The Morgan fingerprint density at radius 1 is 0.407 bits per heavy atom. The third-order valence-corrected chi connectivity index (χ3v) is 18.8. The Balaban J connectivity index is 3.93. The fraction of sp³-hybridized carbons (Fsp3) is 0.909. The normalized spacial score (nSPS) is 13.7. The Hall–Kier alpha value is -1.28. The lowest BCUT2D eigenvalue weighted by Gasteiger charge is -2.30. The number of nitrogens with one attached hydrogen (secondary N) is 1. The molecule has 8 nitrogen and oxygen atoms in total. The van der Waals surface area contributed by atoms with Crippen LogP contribution in [-0.4, -0.2) is 68.5 Å². The summed E-state index contributed by atoms with van der Waals surface area (Å²) < 4.78 is 23.6. The van der Waals surface area contributed by atoms with Gasteiger partial charge in [-0.05, 0) is 51.4 Å². The maximum atomic E-state index is 13.1. The number of phosphoric acid groups is 1. The van der Waals surface area contributed by atoms with Crippen molar-refractivity contribution in [3.8, 4) is 0 Å². The number of hydrogen-bond acceptors (Lipinski definition) is 6. The smallest absolute Gasteiger partial charge is 0.268 e. The van der Waals surface area contributed by atoms with Crippen molar-refractivity contribution >= 4 is 13.7 Å². The number of carbonyl (C=O) groups is 1. The molecule has 0 aliphatic carbocycles. The molecule has 0 aromatic carbocycles. The SMILES string of the molecule is CCCCCCC/C=C\C/C=C\C/C=C\CCCCCCCCCCCCCCCCCCCCCCCCC(=O)NC(COP(=O)([O-])OCC[N+](C)(C)C)C(O)CCCCCCCCCCCCCCCCCCCCCCCCCCCCC. The van der Waals surface area contributed by atoms with Crippen molar-refractivity contribution < 1.29 is 32.9 Å². The number of allylic oxidation sites excluding steroid dienone is 6. The van der Waals surface area contributed by atoms with Crippen molar-refractivity contribution in [2.45, 2.75) is 411 Å². The van der Waals surface area contributed by atoms with Crippen molar-refractivity contribution in [1.82, 2.24) is 5.32 Å². The third-order valence-electron chi connectivity index (χ3n) is 17.9. The highest BCUT2D eigenvalue weighted by Crippen LogP contribution is 2.38. The molecule has 0 aromatic rings. The van der Waals surface area contributed by atoms with Gasteiger partial charge in [-0.3, -0.25) is 9.36 Å². The van der Waals surface area contributed by atoms with Crippen molar-refractivity contribution in [2.75, 3.05) is 40.9 Å². The van der Waals surface area contributed by atoms with Gasteiger partial charge in [0.1, 0.15) is 13.2 Å². The molecule has 510 valence electrons. The minimum absolute atomic E-state index is 0.0148. The minimum atomic E-state index is -4.58. The van der Waals surface area contributed by atoms with Crippen LogP contribution in [0.15, 0.2) is 36.5 Å². The molecule has 0 fully saturated rings. The summed E-state index contributed by atoms with van der Waals surface area (Å²) in [6, 6.07) is -0.801. The predicted molar refractivity (Wildman–Crippen MR) is 376 cm³/mol. The summed E-state index contributed by atoms with van der Waals surface area (Å²) in [6.45, 7) is 4.78. The molecule has 0 aliphatic rings. The summed E-state index contributed by atoms with van der Waals surface area (Å²) in [4.78, 5) is 25.7. The monoisotopic (exact) mass is 1230 g/mol. The molecule has 0 saturated carbocycles. The number of aliphatic hydroxyl groups is 1. The summed E-state index contributed by atoms with van der Waals surface area (Å²) >= 11 is 0.